The van der Waals surface area contributed by atoms with Crippen molar-refractivity contribution in [2.45, 2.75) is 0 Å². The molecule has 2 aromatic carbocycles. The number of hydrogen-bond acceptors (Lipinski definition) is 2. The average molecular weight is 297 g/mol. The zero-order valence-electron chi connectivity index (χ0n) is 9.65. The van der Waals surface area contributed by atoms with Crippen LogP contribution in [0.25, 0.3) is 0 Å². The molecule has 6 heteroatoms. The lowest BCUT2D eigenvalue weighted by Crippen LogP contribution is -2.19. The summed E-state index contributed by atoms with van der Waals surface area (Å²) in [6.07, 6.45) is 0. The molecule has 0 saturated heterocycles. The summed E-state index contributed by atoms with van der Waals surface area (Å²) in [5.74, 6) is 0.0297. The summed E-state index contributed by atoms with van der Waals surface area (Å²) in [5.41, 5.74) is 0.889. The number of benzene rings is 2. The van der Waals surface area contributed by atoms with Crippen LogP contribution in [0.1, 0.15) is 0 Å². The minimum Gasteiger partial charge on any atom is -0.508 e. The number of rotatable bonds is 2. The Morgan fingerprint density at radius 1 is 0.947 bits per heavy atom. The van der Waals surface area contributed by atoms with Gasteiger partial charge in [-0.1, -0.05) is 35.3 Å². The molecule has 19 heavy (non-hydrogen) atoms. The summed E-state index contributed by atoms with van der Waals surface area (Å²) < 4.78 is 0. The number of phenolic OH excluding ortho intramolecular Hbond substituents is 1. The summed E-state index contributed by atoms with van der Waals surface area (Å²) in [5, 5.41) is 15.1. The van der Waals surface area contributed by atoms with Gasteiger partial charge in [0.2, 0.25) is 0 Å². The van der Waals surface area contributed by atoms with Gasteiger partial charge in [-0.25, -0.2) is 4.79 Å². The van der Waals surface area contributed by atoms with Crippen molar-refractivity contribution in [3.8, 4) is 5.75 Å². The van der Waals surface area contributed by atoms with E-state index < -0.39 is 6.03 Å². The Morgan fingerprint density at radius 2 is 1.58 bits per heavy atom. The Morgan fingerprint density at radius 3 is 2.21 bits per heavy atom. The van der Waals surface area contributed by atoms with Crippen molar-refractivity contribution in [3.05, 3.63) is 52.5 Å². The third-order valence-corrected chi connectivity index (χ3v) is 2.97. The quantitative estimate of drug-likeness (QED) is 0.722. The molecule has 0 aliphatic carbocycles. The number of amides is 2. The van der Waals surface area contributed by atoms with E-state index in [1.54, 1.807) is 24.3 Å². The van der Waals surface area contributed by atoms with E-state index in [0.717, 1.165) is 0 Å². The summed E-state index contributed by atoms with van der Waals surface area (Å²) in [6, 6.07) is 10.7. The SMILES string of the molecule is O=C(Nc1ccccc1Cl)Nc1ccc(O)cc1Cl. The Hall–Kier alpha value is -1.91. The molecule has 2 amide bonds. The normalized spacial score (nSPS) is 10.0. The van der Waals surface area contributed by atoms with Crippen molar-refractivity contribution >= 4 is 40.6 Å². The van der Waals surface area contributed by atoms with Gasteiger partial charge in [-0.15, -0.1) is 0 Å². The van der Waals surface area contributed by atoms with E-state index in [0.29, 0.717) is 16.4 Å². The van der Waals surface area contributed by atoms with Gasteiger partial charge < -0.3 is 15.7 Å². The van der Waals surface area contributed by atoms with Crippen LogP contribution < -0.4 is 10.6 Å². The minimum absolute atomic E-state index is 0.0297. The average Bonchev–Trinajstić information content (AvgIpc) is 2.36. The van der Waals surface area contributed by atoms with Crippen molar-refractivity contribution in [1.29, 1.82) is 0 Å². The molecule has 98 valence electrons. The second kappa shape index (κ2) is 5.82. The number of urea groups is 1. The van der Waals surface area contributed by atoms with Gasteiger partial charge in [-0.2, -0.15) is 0 Å². The summed E-state index contributed by atoms with van der Waals surface area (Å²) in [4.78, 5) is 11.8. The van der Waals surface area contributed by atoms with Crippen LogP contribution in [0, 0.1) is 0 Å². The molecule has 0 aliphatic heterocycles. The highest BCUT2D eigenvalue weighted by Gasteiger charge is 2.08. The lowest BCUT2D eigenvalue weighted by molar-refractivity contribution is 0.262. The second-order valence-electron chi connectivity index (χ2n) is 3.72. The largest absolute Gasteiger partial charge is 0.508 e. The number of halogens is 2. The van der Waals surface area contributed by atoms with Crippen LogP contribution in [0.2, 0.25) is 10.0 Å². The Kier molecular flexibility index (Phi) is 4.14. The molecule has 0 heterocycles. The van der Waals surface area contributed by atoms with Crippen LogP contribution in [0.15, 0.2) is 42.5 Å². The van der Waals surface area contributed by atoms with Gasteiger partial charge in [-0.05, 0) is 24.3 Å². The van der Waals surface area contributed by atoms with E-state index in [1.807, 2.05) is 0 Å². The van der Waals surface area contributed by atoms with Crippen LogP contribution in [-0.4, -0.2) is 11.1 Å². The van der Waals surface area contributed by atoms with Crippen molar-refractivity contribution in [3.63, 3.8) is 0 Å². The molecule has 0 atom stereocenters. The number of anilines is 2. The molecule has 0 aliphatic rings. The zero-order chi connectivity index (χ0) is 13.8. The number of para-hydroxylation sites is 1. The van der Waals surface area contributed by atoms with Crippen LogP contribution >= 0.6 is 23.2 Å². The lowest BCUT2D eigenvalue weighted by Gasteiger charge is -2.10. The van der Waals surface area contributed by atoms with E-state index in [9.17, 15) is 9.90 Å². The molecule has 0 spiro atoms. The first-order valence-electron chi connectivity index (χ1n) is 5.37. The molecule has 2 aromatic rings. The van der Waals surface area contributed by atoms with Crippen LogP contribution in [0.5, 0.6) is 5.75 Å². The van der Waals surface area contributed by atoms with Gasteiger partial charge >= 0.3 is 6.03 Å². The first-order chi connectivity index (χ1) is 9.06. The van der Waals surface area contributed by atoms with Gasteiger partial charge in [0.15, 0.2) is 0 Å². The summed E-state index contributed by atoms with van der Waals surface area (Å²) in [6.45, 7) is 0. The molecule has 0 aromatic heterocycles. The molecule has 4 nitrogen and oxygen atoms in total. The highest BCUT2D eigenvalue weighted by molar-refractivity contribution is 6.34. The summed E-state index contributed by atoms with van der Waals surface area (Å²) >= 11 is 11.8. The molecule has 0 unspecified atom stereocenters. The van der Waals surface area contributed by atoms with Crippen molar-refractivity contribution < 1.29 is 9.90 Å². The highest BCUT2D eigenvalue weighted by Crippen LogP contribution is 2.26. The molecule has 0 saturated carbocycles. The van der Waals surface area contributed by atoms with E-state index >= 15 is 0 Å². The van der Waals surface area contributed by atoms with Crippen LogP contribution in [0.4, 0.5) is 16.2 Å². The van der Waals surface area contributed by atoms with Crippen LogP contribution in [-0.2, 0) is 0 Å². The van der Waals surface area contributed by atoms with E-state index in [1.165, 1.54) is 18.2 Å². The smallest absolute Gasteiger partial charge is 0.323 e. The third-order valence-electron chi connectivity index (χ3n) is 2.32. The van der Waals surface area contributed by atoms with E-state index in [2.05, 4.69) is 10.6 Å². The zero-order valence-corrected chi connectivity index (χ0v) is 11.2. The molecule has 0 fully saturated rings. The molecular formula is C13H10Cl2N2O2. The van der Waals surface area contributed by atoms with Gasteiger partial charge in [-0.3, -0.25) is 0 Å². The number of nitrogens with one attached hydrogen (secondary N) is 2. The number of aromatic hydroxyl groups is 1. The fourth-order valence-electron chi connectivity index (χ4n) is 1.44. The topological polar surface area (TPSA) is 61.4 Å². The fourth-order valence-corrected chi connectivity index (χ4v) is 1.85. The van der Waals surface area contributed by atoms with Gasteiger partial charge in [0.25, 0.3) is 0 Å². The number of hydrogen-bond donors (Lipinski definition) is 3. The van der Waals surface area contributed by atoms with Gasteiger partial charge in [0, 0.05) is 6.07 Å². The summed E-state index contributed by atoms with van der Waals surface area (Å²) in [7, 11) is 0. The predicted molar refractivity (Wildman–Crippen MR) is 77.2 cm³/mol. The highest BCUT2D eigenvalue weighted by atomic mass is 35.5. The fraction of sp³-hybridized carbons (Fsp3) is 0. The maximum Gasteiger partial charge on any atom is 0.323 e. The Balaban J connectivity index is 2.08. The first-order valence-corrected chi connectivity index (χ1v) is 6.13. The van der Waals surface area contributed by atoms with Crippen molar-refractivity contribution in [2.75, 3.05) is 10.6 Å². The van der Waals surface area contributed by atoms with Crippen LogP contribution in [0.3, 0.4) is 0 Å². The van der Waals surface area contributed by atoms with Crippen molar-refractivity contribution in [1.82, 2.24) is 0 Å². The minimum atomic E-state index is -0.472. The molecule has 0 radical (unpaired) electrons. The Bertz CT molecular complexity index is 617. The van der Waals surface area contributed by atoms with Gasteiger partial charge in [0.05, 0.1) is 21.4 Å². The number of carbonyl (C=O) groups excluding carboxylic acids is 1. The first kappa shape index (κ1) is 13.5. The maximum absolute atomic E-state index is 11.8. The van der Waals surface area contributed by atoms with Crippen molar-refractivity contribution in [2.24, 2.45) is 0 Å². The second-order valence-corrected chi connectivity index (χ2v) is 4.54. The number of carbonyl (C=O) groups is 1. The molecule has 0 bridgehead atoms. The monoisotopic (exact) mass is 296 g/mol. The van der Waals surface area contributed by atoms with E-state index in [-0.39, 0.29) is 10.8 Å². The van der Waals surface area contributed by atoms with Gasteiger partial charge in [0.1, 0.15) is 5.75 Å². The third kappa shape index (κ3) is 3.53. The standard InChI is InChI=1S/C13H10Cl2N2O2/c14-9-3-1-2-4-11(9)16-13(19)17-12-6-5-8(18)7-10(12)15/h1-7,18H,(H2,16,17,19). The maximum atomic E-state index is 11.8. The Labute approximate surface area is 120 Å². The molecular weight excluding hydrogens is 287 g/mol. The molecule has 3 N–H and O–H groups in total. The lowest BCUT2D eigenvalue weighted by atomic mass is 10.3. The predicted octanol–water partition coefficient (Wildman–Crippen LogP) is 4.34. The number of phenols is 1. The molecule has 2 rings (SSSR count). The van der Waals surface area contributed by atoms with E-state index in [4.69, 9.17) is 23.2 Å².